The summed E-state index contributed by atoms with van der Waals surface area (Å²) in [7, 11) is 3.76. The van der Waals surface area contributed by atoms with Crippen LogP contribution in [0.5, 0.6) is 0 Å². The van der Waals surface area contributed by atoms with Gasteiger partial charge in [-0.3, -0.25) is 4.79 Å². The van der Waals surface area contributed by atoms with Gasteiger partial charge in [0.2, 0.25) is 0 Å². The van der Waals surface area contributed by atoms with E-state index in [4.69, 9.17) is 23.2 Å². The highest BCUT2D eigenvalue weighted by molar-refractivity contribution is 8.08. The first-order valence-corrected chi connectivity index (χ1v) is 11.9. The summed E-state index contributed by atoms with van der Waals surface area (Å²) in [6, 6.07) is 5.40. The van der Waals surface area contributed by atoms with Crippen LogP contribution in [-0.4, -0.2) is 58.1 Å². The third-order valence-electron chi connectivity index (χ3n) is 4.94. The Morgan fingerprint density at radius 2 is 2.06 bits per heavy atom. The van der Waals surface area contributed by atoms with Gasteiger partial charge in [-0.25, -0.2) is 19.4 Å². The van der Waals surface area contributed by atoms with Crippen molar-refractivity contribution in [1.82, 2.24) is 24.8 Å². The molecule has 172 valence electrons. The first-order valence-electron chi connectivity index (χ1n) is 10.2. The normalized spacial score (nSPS) is 14.0. The van der Waals surface area contributed by atoms with Crippen molar-refractivity contribution < 1.29 is 9.18 Å². The molecule has 0 spiro atoms. The third-order valence-corrected chi connectivity index (χ3v) is 6.84. The number of carbonyl (C=O) groups is 1. The molecular weight excluding hydrogens is 486 g/mol. The fraction of sp³-hybridized carbons (Fsp3) is 0.273. The highest BCUT2D eigenvalue weighted by atomic mass is 35.5. The van der Waals surface area contributed by atoms with E-state index in [9.17, 15) is 9.18 Å². The van der Waals surface area contributed by atoms with Gasteiger partial charge in [-0.05, 0) is 30.7 Å². The Morgan fingerprint density at radius 1 is 1.30 bits per heavy atom. The Balaban J connectivity index is 1.74. The predicted octanol–water partition coefficient (Wildman–Crippen LogP) is 4.92. The first kappa shape index (κ1) is 23.5. The van der Waals surface area contributed by atoms with Crippen LogP contribution >= 0.6 is 35.0 Å². The Morgan fingerprint density at radius 3 is 2.73 bits per heavy atom. The zero-order chi connectivity index (χ0) is 23.5. The fourth-order valence-corrected chi connectivity index (χ4v) is 5.29. The zero-order valence-corrected chi connectivity index (χ0v) is 20.3. The summed E-state index contributed by atoms with van der Waals surface area (Å²) >= 11 is 14.7. The standard InChI is InChI=1S/C22H21Cl2FN6OS/c1-30(2)12-29-16-17-19(21(24)28-11-27-17)31(18(16)20-15(23)7-10-33-20)9-8-26-22(32)13-3-5-14(25)6-4-13/h3-6,11-12H,7-10H2,1-2H3,(H,26,32). The maximum Gasteiger partial charge on any atom is 0.251 e. The van der Waals surface area contributed by atoms with E-state index in [1.807, 2.05) is 23.6 Å². The molecule has 1 aromatic carbocycles. The molecule has 3 heterocycles. The molecule has 0 radical (unpaired) electrons. The van der Waals surface area contributed by atoms with Crippen LogP contribution in [0.3, 0.4) is 0 Å². The van der Waals surface area contributed by atoms with Gasteiger partial charge in [0.25, 0.3) is 5.91 Å². The monoisotopic (exact) mass is 506 g/mol. The van der Waals surface area contributed by atoms with Gasteiger partial charge in [0, 0.05) is 48.4 Å². The summed E-state index contributed by atoms with van der Waals surface area (Å²) in [5.41, 5.74) is 3.06. The molecule has 0 atom stereocenters. The molecule has 0 aliphatic carbocycles. The lowest BCUT2D eigenvalue weighted by Gasteiger charge is -2.13. The SMILES string of the molecule is CN(C)C=Nc1c(C2=C(Cl)CCS2)n(CCNC(=O)c2ccc(F)cc2)c2c(Cl)ncnc12. The number of hydrogen-bond donors (Lipinski definition) is 1. The van der Waals surface area contributed by atoms with Crippen LogP contribution in [0.1, 0.15) is 22.5 Å². The van der Waals surface area contributed by atoms with E-state index in [0.717, 1.165) is 27.8 Å². The topological polar surface area (TPSA) is 75.4 Å². The number of thioether (sulfide) groups is 1. The van der Waals surface area contributed by atoms with Gasteiger partial charge in [-0.15, -0.1) is 11.8 Å². The molecule has 1 N–H and O–H groups in total. The number of aromatic nitrogens is 3. The molecule has 7 nitrogen and oxygen atoms in total. The van der Waals surface area contributed by atoms with Crippen molar-refractivity contribution in [2.24, 2.45) is 4.99 Å². The van der Waals surface area contributed by atoms with E-state index in [-0.39, 0.29) is 11.1 Å². The van der Waals surface area contributed by atoms with Crippen molar-refractivity contribution in [3.8, 4) is 0 Å². The Kier molecular flexibility index (Phi) is 7.21. The van der Waals surface area contributed by atoms with E-state index in [1.165, 1.54) is 30.6 Å². The minimum absolute atomic E-state index is 0.289. The molecule has 11 heteroatoms. The van der Waals surface area contributed by atoms with Gasteiger partial charge in [-0.2, -0.15) is 0 Å². The van der Waals surface area contributed by atoms with Gasteiger partial charge in [0.1, 0.15) is 28.9 Å². The van der Waals surface area contributed by atoms with Crippen molar-refractivity contribution in [2.75, 3.05) is 26.4 Å². The highest BCUT2D eigenvalue weighted by Crippen LogP contribution is 2.48. The van der Waals surface area contributed by atoms with Gasteiger partial charge >= 0.3 is 0 Å². The van der Waals surface area contributed by atoms with Crippen LogP contribution in [-0.2, 0) is 6.54 Å². The van der Waals surface area contributed by atoms with Crippen LogP contribution in [0.25, 0.3) is 15.9 Å². The molecule has 0 saturated carbocycles. The van der Waals surface area contributed by atoms with E-state index in [0.29, 0.717) is 35.4 Å². The molecule has 0 bridgehead atoms. The average Bonchev–Trinajstić information content (AvgIpc) is 3.33. The van der Waals surface area contributed by atoms with E-state index < -0.39 is 5.82 Å². The highest BCUT2D eigenvalue weighted by Gasteiger charge is 2.27. The van der Waals surface area contributed by atoms with Crippen molar-refractivity contribution in [3.63, 3.8) is 0 Å². The number of allylic oxidation sites excluding steroid dienone is 1. The van der Waals surface area contributed by atoms with Crippen LogP contribution in [0.4, 0.5) is 10.1 Å². The second-order valence-electron chi connectivity index (χ2n) is 7.51. The summed E-state index contributed by atoms with van der Waals surface area (Å²) in [6.07, 6.45) is 3.87. The average molecular weight is 507 g/mol. The second-order valence-corrected chi connectivity index (χ2v) is 9.43. The maximum absolute atomic E-state index is 13.2. The fourth-order valence-electron chi connectivity index (χ4n) is 3.49. The lowest BCUT2D eigenvalue weighted by molar-refractivity contribution is 0.0952. The van der Waals surface area contributed by atoms with E-state index >= 15 is 0 Å². The number of fused-ring (bicyclic) bond motifs is 1. The number of nitrogens with zero attached hydrogens (tertiary/aromatic N) is 5. The molecule has 0 saturated heterocycles. The second kappa shape index (κ2) is 10.1. The molecule has 1 aliphatic heterocycles. The maximum atomic E-state index is 13.2. The molecule has 2 aromatic heterocycles. The molecule has 3 aromatic rings. The van der Waals surface area contributed by atoms with Gasteiger partial charge < -0.3 is 14.8 Å². The molecular formula is C22H21Cl2FN6OS. The Hall–Kier alpha value is -2.62. The summed E-state index contributed by atoms with van der Waals surface area (Å²) in [5.74, 6) is 0.177. The summed E-state index contributed by atoms with van der Waals surface area (Å²) < 4.78 is 15.1. The molecule has 33 heavy (non-hydrogen) atoms. The number of rotatable bonds is 7. The van der Waals surface area contributed by atoms with Gasteiger partial charge in [0.15, 0.2) is 5.15 Å². The summed E-state index contributed by atoms with van der Waals surface area (Å²) in [5, 5.41) is 3.91. The minimum atomic E-state index is -0.394. The molecule has 1 aliphatic rings. The van der Waals surface area contributed by atoms with Crippen molar-refractivity contribution >= 4 is 68.8 Å². The number of amides is 1. The number of halogens is 3. The van der Waals surface area contributed by atoms with Crippen LogP contribution in [0, 0.1) is 5.82 Å². The van der Waals surface area contributed by atoms with Crippen LogP contribution in [0.2, 0.25) is 5.15 Å². The Bertz CT molecular complexity index is 1260. The molecule has 0 unspecified atom stereocenters. The quantitative estimate of drug-likeness (QED) is 0.279. The molecule has 1 amide bonds. The lowest BCUT2D eigenvalue weighted by atomic mass is 10.2. The van der Waals surface area contributed by atoms with Crippen molar-refractivity contribution in [2.45, 2.75) is 13.0 Å². The lowest BCUT2D eigenvalue weighted by Crippen LogP contribution is -2.27. The predicted molar refractivity (Wildman–Crippen MR) is 133 cm³/mol. The van der Waals surface area contributed by atoms with Crippen molar-refractivity contribution in [3.05, 3.63) is 57.9 Å². The summed E-state index contributed by atoms with van der Waals surface area (Å²) in [4.78, 5) is 28.5. The molecule has 0 fully saturated rings. The first-order chi connectivity index (χ1) is 15.9. The third kappa shape index (κ3) is 5.00. The number of benzene rings is 1. The number of nitrogens with one attached hydrogen (secondary N) is 1. The van der Waals surface area contributed by atoms with Gasteiger partial charge in [0.05, 0.1) is 12.0 Å². The smallest absolute Gasteiger partial charge is 0.251 e. The van der Waals surface area contributed by atoms with E-state index in [2.05, 4.69) is 20.3 Å². The minimum Gasteiger partial charge on any atom is -0.369 e. The largest absolute Gasteiger partial charge is 0.369 e. The molecule has 4 rings (SSSR count). The number of hydrogen-bond acceptors (Lipinski definition) is 5. The van der Waals surface area contributed by atoms with Crippen LogP contribution in [0.15, 0.2) is 40.6 Å². The van der Waals surface area contributed by atoms with Crippen molar-refractivity contribution in [1.29, 1.82) is 0 Å². The summed E-state index contributed by atoms with van der Waals surface area (Å²) in [6.45, 7) is 0.683. The Labute approximate surface area is 204 Å². The number of carbonyl (C=O) groups excluding carboxylic acids is 1. The van der Waals surface area contributed by atoms with E-state index in [1.54, 1.807) is 18.1 Å². The van der Waals surface area contributed by atoms with Gasteiger partial charge in [-0.1, -0.05) is 23.2 Å². The van der Waals surface area contributed by atoms with Crippen LogP contribution < -0.4 is 5.32 Å². The zero-order valence-electron chi connectivity index (χ0n) is 18.0. The number of aliphatic imine (C=N–C) groups is 1.